The van der Waals surface area contributed by atoms with Crippen molar-refractivity contribution in [2.45, 2.75) is 31.6 Å². The highest BCUT2D eigenvalue weighted by Gasteiger charge is 2.38. The van der Waals surface area contributed by atoms with Crippen LogP contribution in [-0.4, -0.2) is 22.6 Å². The van der Waals surface area contributed by atoms with Crippen LogP contribution >= 0.6 is 0 Å². The van der Waals surface area contributed by atoms with Gasteiger partial charge in [0.1, 0.15) is 11.3 Å². The third-order valence-electron chi connectivity index (χ3n) is 4.31. The lowest BCUT2D eigenvalue weighted by Crippen LogP contribution is -2.32. The molecule has 1 aromatic carbocycles. The van der Waals surface area contributed by atoms with Crippen LogP contribution in [0.1, 0.15) is 32.0 Å². The molecule has 0 radical (unpaired) electrons. The zero-order valence-corrected chi connectivity index (χ0v) is 11.5. The molecule has 1 N–H and O–H groups in total. The van der Waals surface area contributed by atoms with E-state index >= 15 is 0 Å². The minimum Gasteiger partial charge on any atom is -0.331 e. The minimum atomic E-state index is -0.225. The third kappa shape index (κ3) is 1.86. The van der Waals surface area contributed by atoms with Gasteiger partial charge in [-0.2, -0.15) is 0 Å². The molecule has 1 aliphatic heterocycles. The average Bonchev–Trinajstić information content (AvgIpc) is 2.98. The Morgan fingerprint density at radius 3 is 2.95 bits per heavy atom. The molecule has 19 heavy (non-hydrogen) atoms. The summed E-state index contributed by atoms with van der Waals surface area (Å²) in [5.41, 5.74) is 1.45. The molecule has 0 amide bonds. The van der Waals surface area contributed by atoms with Crippen molar-refractivity contribution in [2.75, 3.05) is 13.1 Å². The van der Waals surface area contributed by atoms with E-state index in [1.54, 1.807) is 6.07 Å². The van der Waals surface area contributed by atoms with Crippen molar-refractivity contribution in [3.05, 3.63) is 29.8 Å². The maximum atomic E-state index is 13.9. The number of halogens is 1. The van der Waals surface area contributed by atoms with E-state index in [-0.39, 0.29) is 11.2 Å². The Hall–Kier alpha value is -1.42. The van der Waals surface area contributed by atoms with Gasteiger partial charge in [-0.1, -0.05) is 19.4 Å². The highest BCUT2D eigenvalue weighted by molar-refractivity contribution is 5.76. The Kier molecular flexibility index (Phi) is 3.05. The summed E-state index contributed by atoms with van der Waals surface area (Å²) in [6, 6.07) is 5.18. The van der Waals surface area contributed by atoms with Crippen LogP contribution in [0.4, 0.5) is 4.39 Å². The van der Waals surface area contributed by atoms with Gasteiger partial charge in [0.25, 0.3) is 0 Å². The van der Waals surface area contributed by atoms with E-state index in [2.05, 4.69) is 21.8 Å². The van der Waals surface area contributed by atoms with E-state index < -0.39 is 0 Å². The Labute approximate surface area is 112 Å². The first kappa shape index (κ1) is 12.6. The van der Waals surface area contributed by atoms with Crippen molar-refractivity contribution < 1.29 is 4.39 Å². The number of hydrogen-bond donors (Lipinski definition) is 1. The standard InChI is InChI=1S/C15H20FN3/c1-3-7-15(8-9-17-10-15)14-18-13-11(16)5-4-6-12(13)19(14)2/h4-6,17H,3,7-10H2,1-2H3. The van der Waals surface area contributed by atoms with Gasteiger partial charge in [-0.05, 0) is 31.5 Å². The molecule has 1 saturated heterocycles. The topological polar surface area (TPSA) is 29.9 Å². The number of nitrogens with zero attached hydrogens (tertiary/aromatic N) is 2. The van der Waals surface area contributed by atoms with Crippen LogP contribution < -0.4 is 5.32 Å². The van der Waals surface area contributed by atoms with Gasteiger partial charge >= 0.3 is 0 Å². The molecule has 1 unspecified atom stereocenters. The fraction of sp³-hybridized carbons (Fsp3) is 0.533. The monoisotopic (exact) mass is 261 g/mol. The maximum Gasteiger partial charge on any atom is 0.151 e. The quantitative estimate of drug-likeness (QED) is 0.920. The molecule has 3 nitrogen and oxygen atoms in total. The molecule has 0 bridgehead atoms. The zero-order valence-electron chi connectivity index (χ0n) is 11.5. The average molecular weight is 261 g/mol. The third-order valence-corrected chi connectivity index (χ3v) is 4.31. The van der Waals surface area contributed by atoms with Crippen LogP contribution in [0, 0.1) is 5.82 Å². The molecule has 0 saturated carbocycles. The first-order chi connectivity index (χ1) is 9.18. The van der Waals surface area contributed by atoms with E-state index in [0.717, 1.165) is 43.7 Å². The predicted molar refractivity (Wildman–Crippen MR) is 74.7 cm³/mol. The molecule has 3 rings (SSSR count). The van der Waals surface area contributed by atoms with Gasteiger partial charge < -0.3 is 9.88 Å². The molecular weight excluding hydrogens is 241 g/mol. The summed E-state index contributed by atoms with van der Waals surface area (Å²) in [5.74, 6) is 0.802. The van der Waals surface area contributed by atoms with Crippen molar-refractivity contribution in [3.63, 3.8) is 0 Å². The Bertz CT molecular complexity index is 597. The largest absolute Gasteiger partial charge is 0.331 e. The van der Waals surface area contributed by atoms with Gasteiger partial charge in [0.05, 0.1) is 5.52 Å². The van der Waals surface area contributed by atoms with Crippen molar-refractivity contribution in [3.8, 4) is 0 Å². The lowest BCUT2D eigenvalue weighted by atomic mass is 9.81. The number of aromatic nitrogens is 2. The second-order valence-electron chi connectivity index (χ2n) is 5.56. The number of rotatable bonds is 3. The summed E-state index contributed by atoms with van der Waals surface area (Å²) in [7, 11) is 2.00. The second kappa shape index (κ2) is 4.60. The lowest BCUT2D eigenvalue weighted by Gasteiger charge is -2.27. The number of imidazole rings is 1. The molecular formula is C15H20FN3. The molecule has 0 aliphatic carbocycles. The van der Waals surface area contributed by atoms with Crippen LogP contribution in [0.5, 0.6) is 0 Å². The highest BCUT2D eigenvalue weighted by Crippen LogP contribution is 2.36. The second-order valence-corrected chi connectivity index (χ2v) is 5.56. The molecule has 1 aromatic heterocycles. The van der Waals surface area contributed by atoms with E-state index in [4.69, 9.17) is 0 Å². The fourth-order valence-electron chi connectivity index (χ4n) is 3.39. The molecule has 0 spiro atoms. The van der Waals surface area contributed by atoms with Crippen LogP contribution in [0.25, 0.3) is 11.0 Å². The maximum absolute atomic E-state index is 13.9. The van der Waals surface area contributed by atoms with Gasteiger partial charge in [-0.3, -0.25) is 0 Å². The van der Waals surface area contributed by atoms with Gasteiger partial charge in [0, 0.05) is 19.0 Å². The molecule has 2 aromatic rings. The van der Waals surface area contributed by atoms with E-state index in [1.807, 2.05) is 13.1 Å². The number of benzene rings is 1. The molecule has 1 aliphatic rings. The Morgan fingerprint density at radius 1 is 1.47 bits per heavy atom. The Balaban J connectivity index is 2.19. The van der Waals surface area contributed by atoms with Gasteiger partial charge in [0.15, 0.2) is 5.82 Å². The fourth-order valence-corrected chi connectivity index (χ4v) is 3.39. The first-order valence-corrected chi connectivity index (χ1v) is 7.00. The van der Waals surface area contributed by atoms with E-state index in [1.165, 1.54) is 6.07 Å². The van der Waals surface area contributed by atoms with Crippen LogP contribution in [-0.2, 0) is 12.5 Å². The van der Waals surface area contributed by atoms with Crippen LogP contribution in [0.15, 0.2) is 18.2 Å². The van der Waals surface area contributed by atoms with Crippen LogP contribution in [0.2, 0.25) is 0 Å². The summed E-state index contributed by atoms with van der Waals surface area (Å²) in [5, 5.41) is 3.44. The number of para-hydroxylation sites is 1. The lowest BCUT2D eigenvalue weighted by molar-refractivity contribution is 0.393. The summed E-state index contributed by atoms with van der Waals surface area (Å²) in [4.78, 5) is 4.63. The van der Waals surface area contributed by atoms with E-state index in [0.29, 0.717) is 5.52 Å². The molecule has 4 heteroatoms. The summed E-state index contributed by atoms with van der Waals surface area (Å²) in [6.07, 6.45) is 3.30. The highest BCUT2D eigenvalue weighted by atomic mass is 19.1. The summed E-state index contributed by atoms with van der Waals surface area (Å²) < 4.78 is 16.0. The SMILES string of the molecule is CCCC1(c2nc3c(F)cccc3n2C)CCNC1. The summed E-state index contributed by atoms with van der Waals surface area (Å²) in [6.45, 7) is 4.16. The number of fused-ring (bicyclic) bond motifs is 1. The smallest absolute Gasteiger partial charge is 0.151 e. The molecule has 102 valence electrons. The normalized spacial score (nSPS) is 23.3. The number of hydrogen-bond acceptors (Lipinski definition) is 2. The van der Waals surface area contributed by atoms with Crippen molar-refractivity contribution >= 4 is 11.0 Å². The predicted octanol–water partition coefficient (Wildman–Crippen LogP) is 2.74. The Morgan fingerprint density at radius 2 is 2.32 bits per heavy atom. The number of aryl methyl sites for hydroxylation is 1. The minimum absolute atomic E-state index is 0.0644. The molecule has 1 fully saturated rings. The number of nitrogens with one attached hydrogen (secondary N) is 1. The van der Waals surface area contributed by atoms with Gasteiger partial charge in [0.2, 0.25) is 0 Å². The molecule has 2 heterocycles. The van der Waals surface area contributed by atoms with Crippen molar-refractivity contribution in [1.29, 1.82) is 0 Å². The summed E-state index contributed by atoms with van der Waals surface area (Å²) >= 11 is 0. The van der Waals surface area contributed by atoms with Gasteiger partial charge in [-0.15, -0.1) is 0 Å². The molecule has 1 atom stereocenters. The van der Waals surface area contributed by atoms with E-state index in [9.17, 15) is 4.39 Å². The first-order valence-electron chi connectivity index (χ1n) is 7.00. The van der Waals surface area contributed by atoms with Crippen molar-refractivity contribution in [2.24, 2.45) is 7.05 Å². The van der Waals surface area contributed by atoms with Gasteiger partial charge in [-0.25, -0.2) is 9.37 Å². The zero-order chi connectivity index (χ0) is 13.5. The van der Waals surface area contributed by atoms with Crippen LogP contribution in [0.3, 0.4) is 0 Å². The van der Waals surface area contributed by atoms with Crippen molar-refractivity contribution in [1.82, 2.24) is 14.9 Å².